The highest BCUT2D eigenvalue weighted by molar-refractivity contribution is 5.94. The molecule has 1 aliphatic carbocycles. The molecule has 3 aliphatic rings. The van der Waals surface area contributed by atoms with Crippen molar-refractivity contribution in [2.24, 2.45) is 5.41 Å². The molecule has 2 N–H and O–H groups in total. The summed E-state index contributed by atoms with van der Waals surface area (Å²) in [7, 11) is 0. The minimum atomic E-state index is -0.540. The van der Waals surface area contributed by atoms with E-state index in [-0.39, 0.29) is 22.8 Å². The fourth-order valence-electron chi connectivity index (χ4n) is 6.54. The van der Waals surface area contributed by atoms with Crippen molar-refractivity contribution in [3.05, 3.63) is 64.7 Å². The van der Waals surface area contributed by atoms with Crippen molar-refractivity contribution in [1.29, 1.82) is 0 Å². The lowest BCUT2D eigenvalue weighted by Gasteiger charge is -2.60. The Morgan fingerprint density at radius 1 is 0.971 bits per heavy atom. The van der Waals surface area contributed by atoms with Crippen LogP contribution >= 0.6 is 0 Å². The molecule has 182 valence electrons. The molecule has 0 spiro atoms. The highest BCUT2D eigenvalue weighted by Crippen LogP contribution is 2.57. The smallest absolute Gasteiger partial charge is 0.254 e. The van der Waals surface area contributed by atoms with E-state index < -0.39 is 5.60 Å². The highest BCUT2D eigenvalue weighted by Gasteiger charge is 2.57. The molecule has 2 bridgehead atoms. The van der Waals surface area contributed by atoms with Crippen LogP contribution < -0.4 is 0 Å². The number of rotatable bonds is 3. The normalized spacial score (nSPS) is 27.8. The van der Waals surface area contributed by atoms with Gasteiger partial charge in [0.1, 0.15) is 5.75 Å². The Morgan fingerprint density at radius 3 is 2.32 bits per heavy atom. The first-order valence-electron chi connectivity index (χ1n) is 12.7. The number of carbonyl (C=O) groups excluding carboxylic acids is 1. The first kappa shape index (κ1) is 23.4. The third-order valence-electron chi connectivity index (χ3n) is 9.43. The van der Waals surface area contributed by atoms with Crippen LogP contribution in [0.4, 0.5) is 0 Å². The Hall–Kier alpha value is -2.37. The van der Waals surface area contributed by atoms with Gasteiger partial charge in [0, 0.05) is 43.2 Å². The predicted octanol–water partition coefficient (Wildman–Crippen LogP) is 4.49. The van der Waals surface area contributed by atoms with Gasteiger partial charge in [-0.25, -0.2) is 0 Å². The molecule has 2 aromatic carbocycles. The molecule has 1 amide bonds. The zero-order chi connectivity index (χ0) is 24.3. The van der Waals surface area contributed by atoms with Crippen LogP contribution in [0.25, 0.3) is 0 Å². The maximum atomic E-state index is 13.7. The number of benzene rings is 2. The zero-order valence-corrected chi connectivity index (χ0v) is 21.0. The summed E-state index contributed by atoms with van der Waals surface area (Å²) in [5, 5.41) is 20.8. The number of phenolic OH excluding ortho intramolecular Hbond substituents is 1. The van der Waals surface area contributed by atoms with Crippen LogP contribution in [0.5, 0.6) is 5.75 Å². The Labute approximate surface area is 203 Å². The number of likely N-dealkylation sites (tertiary alicyclic amines) is 2. The maximum Gasteiger partial charge on any atom is 0.254 e. The van der Waals surface area contributed by atoms with Gasteiger partial charge >= 0.3 is 0 Å². The number of aliphatic hydroxyl groups is 1. The minimum Gasteiger partial charge on any atom is -0.508 e. The molecular weight excluding hydrogens is 424 g/mol. The molecule has 0 radical (unpaired) electrons. The van der Waals surface area contributed by atoms with E-state index in [2.05, 4.69) is 48.8 Å². The summed E-state index contributed by atoms with van der Waals surface area (Å²) < 4.78 is 0. The molecule has 0 saturated carbocycles. The highest BCUT2D eigenvalue weighted by atomic mass is 16.3. The van der Waals surface area contributed by atoms with Gasteiger partial charge in [-0.15, -0.1) is 0 Å². The lowest BCUT2D eigenvalue weighted by Crippen LogP contribution is -2.64. The summed E-state index contributed by atoms with van der Waals surface area (Å²) >= 11 is 0. The molecule has 2 heterocycles. The van der Waals surface area contributed by atoms with E-state index in [1.165, 1.54) is 11.1 Å². The zero-order valence-electron chi connectivity index (χ0n) is 21.0. The second kappa shape index (κ2) is 8.10. The number of nitrogens with zero attached hydrogens (tertiary/aromatic N) is 2. The van der Waals surface area contributed by atoms with Crippen LogP contribution in [0.2, 0.25) is 0 Å². The van der Waals surface area contributed by atoms with Gasteiger partial charge < -0.3 is 15.1 Å². The summed E-state index contributed by atoms with van der Waals surface area (Å²) in [6.07, 6.45) is 3.17. The number of fused-ring (bicyclic) bond motifs is 4. The number of amides is 1. The van der Waals surface area contributed by atoms with E-state index in [0.717, 1.165) is 56.6 Å². The molecule has 34 heavy (non-hydrogen) atoms. The van der Waals surface area contributed by atoms with Gasteiger partial charge in [0.15, 0.2) is 0 Å². The molecule has 1 unspecified atom stereocenters. The Bertz CT molecular complexity index is 1080. The molecule has 2 aliphatic heterocycles. The summed E-state index contributed by atoms with van der Waals surface area (Å²) in [5.74, 6) is 0.432. The van der Waals surface area contributed by atoms with E-state index >= 15 is 0 Å². The Morgan fingerprint density at radius 2 is 1.65 bits per heavy atom. The molecular formula is C29H38N2O3. The van der Waals surface area contributed by atoms with Crippen LogP contribution in [0, 0.1) is 5.41 Å². The number of aromatic hydroxyl groups is 1. The molecule has 5 nitrogen and oxygen atoms in total. The van der Waals surface area contributed by atoms with E-state index in [4.69, 9.17) is 0 Å². The van der Waals surface area contributed by atoms with Crippen molar-refractivity contribution < 1.29 is 15.0 Å². The second-order valence-corrected chi connectivity index (χ2v) is 11.8. The summed E-state index contributed by atoms with van der Waals surface area (Å²) in [4.78, 5) is 18.1. The van der Waals surface area contributed by atoms with Gasteiger partial charge in [0.05, 0.1) is 5.60 Å². The lowest BCUT2D eigenvalue weighted by atomic mass is 9.51. The SMILES string of the molecule is CC1(O)CCN(Cc2ccc(C(=O)N3CCC4(C)c5cccc(O)c5C[C@@H]3C4(C)C)cc2)CC1. The van der Waals surface area contributed by atoms with Crippen molar-refractivity contribution in [3.63, 3.8) is 0 Å². The fourth-order valence-corrected chi connectivity index (χ4v) is 6.54. The largest absolute Gasteiger partial charge is 0.508 e. The van der Waals surface area contributed by atoms with Crippen LogP contribution in [0.15, 0.2) is 42.5 Å². The molecule has 0 aromatic heterocycles. The summed E-state index contributed by atoms with van der Waals surface area (Å²) in [6, 6.07) is 14.0. The summed E-state index contributed by atoms with van der Waals surface area (Å²) in [5.41, 5.74) is 3.45. The average molecular weight is 463 g/mol. The summed E-state index contributed by atoms with van der Waals surface area (Å²) in [6.45, 7) is 12.1. The molecule has 2 saturated heterocycles. The van der Waals surface area contributed by atoms with Gasteiger partial charge in [-0.05, 0) is 72.9 Å². The quantitative estimate of drug-likeness (QED) is 0.705. The number of carbonyl (C=O) groups is 1. The standard InChI is InChI=1S/C29H38N2O3/c1-27(2)25-18-22-23(6-5-7-24(22)32)29(27,4)14-17-31(25)26(33)21-10-8-20(9-11-21)19-30-15-12-28(3,34)13-16-30/h5-11,25,32,34H,12-19H2,1-4H3/t25-,29?/m1/s1. The van der Waals surface area contributed by atoms with Crippen molar-refractivity contribution in [2.45, 2.75) is 77.0 Å². The van der Waals surface area contributed by atoms with Crippen molar-refractivity contribution in [3.8, 4) is 5.75 Å². The Balaban J connectivity index is 1.34. The number of piperidine rings is 2. The van der Waals surface area contributed by atoms with Gasteiger partial charge in [0.25, 0.3) is 5.91 Å². The van der Waals surface area contributed by atoms with E-state index in [1.54, 1.807) is 6.07 Å². The van der Waals surface area contributed by atoms with Crippen LogP contribution in [0.3, 0.4) is 0 Å². The number of phenols is 1. The second-order valence-electron chi connectivity index (χ2n) is 11.8. The van der Waals surface area contributed by atoms with Gasteiger partial charge in [-0.1, -0.05) is 45.0 Å². The fraction of sp³-hybridized carbons (Fsp3) is 0.552. The molecule has 2 aromatic rings. The predicted molar refractivity (Wildman–Crippen MR) is 134 cm³/mol. The van der Waals surface area contributed by atoms with Crippen LogP contribution in [0.1, 0.15) is 74.0 Å². The van der Waals surface area contributed by atoms with E-state index in [9.17, 15) is 15.0 Å². The monoisotopic (exact) mass is 462 g/mol. The van der Waals surface area contributed by atoms with Crippen LogP contribution in [-0.2, 0) is 18.4 Å². The maximum absolute atomic E-state index is 13.7. The van der Waals surface area contributed by atoms with Gasteiger partial charge in [-0.3, -0.25) is 9.69 Å². The van der Waals surface area contributed by atoms with E-state index in [1.807, 2.05) is 25.1 Å². The van der Waals surface area contributed by atoms with Crippen molar-refractivity contribution >= 4 is 5.91 Å². The molecule has 2 fully saturated rings. The van der Waals surface area contributed by atoms with Crippen molar-refractivity contribution in [2.75, 3.05) is 19.6 Å². The third kappa shape index (κ3) is 3.74. The van der Waals surface area contributed by atoms with Crippen molar-refractivity contribution in [1.82, 2.24) is 9.80 Å². The third-order valence-corrected chi connectivity index (χ3v) is 9.43. The van der Waals surface area contributed by atoms with Gasteiger partial charge in [0.2, 0.25) is 0 Å². The Kier molecular flexibility index (Phi) is 5.57. The van der Waals surface area contributed by atoms with E-state index in [0.29, 0.717) is 12.2 Å². The first-order valence-corrected chi connectivity index (χ1v) is 12.7. The van der Waals surface area contributed by atoms with Gasteiger partial charge in [-0.2, -0.15) is 0 Å². The molecule has 5 rings (SSSR count). The number of hydrogen-bond donors (Lipinski definition) is 2. The average Bonchev–Trinajstić information content (AvgIpc) is 2.78. The topological polar surface area (TPSA) is 64.0 Å². The first-order chi connectivity index (χ1) is 16.0. The number of hydrogen-bond acceptors (Lipinski definition) is 4. The lowest BCUT2D eigenvalue weighted by molar-refractivity contribution is -0.0266. The van der Waals surface area contributed by atoms with Crippen LogP contribution in [-0.4, -0.2) is 57.2 Å². The molecule has 5 heteroatoms. The molecule has 2 atom stereocenters. The minimum absolute atomic E-state index is 0.0420.